The molecule has 0 saturated heterocycles. The van der Waals surface area contributed by atoms with Crippen LogP contribution in [0.15, 0.2) is 82.7 Å². The van der Waals surface area contributed by atoms with E-state index in [0.29, 0.717) is 28.0 Å². The number of nitrogens with zero attached hydrogens (tertiary/aromatic N) is 2. The maximum atomic E-state index is 13.7. The normalized spacial score (nSPS) is 14.2. The van der Waals surface area contributed by atoms with Crippen molar-refractivity contribution in [3.8, 4) is 0 Å². The number of anilines is 1. The van der Waals surface area contributed by atoms with Crippen molar-refractivity contribution in [2.45, 2.75) is 75.4 Å². The van der Waals surface area contributed by atoms with E-state index >= 15 is 0 Å². The van der Waals surface area contributed by atoms with Crippen LogP contribution < -0.4 is 16.2 Å². The standard InChI is InChI=1S/C33H36N4O3S/c1-3-23-11-5-9-15-27(23)35-31(39)29(4-2)41-33-36-28-16-10-8-14-26(28)32(40)37(33)21-22-17-19-24(20-18-22)30(38)34-25-12-6-7-13-25/h5,8-11,14-20,25,29H,3-4,6-7,12-13,21H2,1-2H3,(H,34,38)(H,35,39)/t29-/m0/s1. The summed E-state index contributed by atoms with van der Waals surface area (Å²) >= 11 is 1.31. The maximum Gasteiger partial charge on any atom is 0.262 e. The molecule has 3 aromatic carbocycles. The lowest BCUT2D eigenvalue weighted by Gasteiger charge is -2.19. The van der Waals surface area contributed by atoms with Crippen LogP contribution in [0.5, 0.6) is 0 Å². The van der Waals surface area contributed by atoms with Gasteiger partial charge in [0.25, 0.3) is 11.5 Å². The van der Waals surface area contributed by atoms with Gasteiger partial charge in [-0.15, -0.1) is 0 Å². The van der Waals surface area contributed by atoms with Crippen LogP contribution in [0.25, 0.3) is 10.9 Å². The first-order valence-corrected chi connectivity index (χ1v) is 15.3. The van der Waals surface area contributed by atoms with Crippen molar-refractivity contribution in [3.63, 3.8) is 0 Å². The number of benzene rings is 3. The van der Waals surface area contributed by atoms with Crippen LogP contribution in [0.1, 0.15) is 67.4 Å². The molecule has 0 bridgehead atoms. The molecular formula is C33H36N4O3S. The average molecular weight is 569 g/mol. The molecule has 2 N–H and O–H groups in total. The summed E-state index contributed by atoms with van der Waals surface area (Å²) in [7, 11) is 0. The van der Waals surface area contributed by atoms with Gasteiger partial charge in [-0.25, -0.2) is 4.98 Å². The van der Waals surface area contributed by atoms with Crippen molar-refractivity contribution in [1.82, 2.24) is 14.9 Å². The molecule has 8 heteroatoms. The minimum atomic E-state index is -0.444. The third-order valence-electron chi connectivity index (χ3n) is 7.64. The second-order valence-corrected chi connectivity index (χ2v) is 11.6. The highest BCUT2D eigenvalue weighted by molar-refractivity contribution is 8.00. The lowest BCUT2D eigenvalue weighted by atomic mass is 10.1. The molecule has 41 heavy (non-hydrogen) atoms. The Bertz CT molecular complexity index is 1590. The van der Waals surface area contributed by atoms with Crippen LogP contribution >= 0.6 is 11.8 Å². The molecule has 0 aliphatic heterocycles. The van der Waals surface area contributed by atoms with Gasteiger partial charge in [0.2, 0.25) is 5.91 Å². The lowest BCUT2D eigenvalue weighted by Crippen LogP contribution is -2.32. The first-order valence-electron chi connectivity index (χ1n) is 14.4. The molecule has 5 rings (SSSR count). The average Bonchev–Trinajstić information content (AvgIpc) is 3.51. The first kappa shape index (κ1) is 28.6. The van der Waals surface area contributed by atoms with Crippen LogP contribution in [0.3, 0.4) is 0 Å². The zero-order valence-electron chi connectivity index (χ0n) is 23.6. The number of hydrogen-bond donors (Lipinski definition) is 2. The van der Waals surface area contributed by atoms with Crippen molar-refractivity contribution < 1.29 is 9.59 Å². The minimum Gasteiger partial charge on any atom is -0.349 e. The number of carbonyl (C=O) groups is 2. The van der Waals surface area contributed by atoms with E-state index in [-0.39, 0.29) is 30.0 Å². The van der Waals surface area contributed by atoms with Gasteiger partial charge >= 0.3 is 0 Å². The van der Waals surface area contributed by atoms with Crippen molar-refractivity contribution in [2.75, 3.05) is 5.32 Å². The topological polar surface area (TPSA) is 93.1 Å². The van der Waals surface area contributed by atoms with Gasteiger partial charge in [0.05, 0.1) is 22.7 Å². The van der Waals surface area contributed by atoms with Crippen LogP contribution in [0.4, 0.5) is 5.69 Å². The number of aromatic nitrogens is 2. The number of amides is 2. The van der Waals surface area contributed by atoms with Crippen molar-refractivity contribution in [3.05, 3.63) is 99.8 Å². The summed E-state index contributed by atoms with van der Waals surface area (Å²) in [5.74, 6) is -0.185. The number of thioether (sulfide) groups is 1. The summed E-state index contributed by atoms with van der Waals surface area (Å²) in [6.45, 7) is 4.30. The van der Waals surface area contributed by atoms with Crippen LogP contribution in [-0.2, 0) is 17.8 Å². The summed E-state index contributed by atoms with van der Waals surface area (Å²) in [5, 5.41) is 6.78. The number of carbonyl (C=O) groups excluding carboxylic acids is 2. The van der Waals surface area contributed by atoms with E-state index in [1.165, 1.54) is 11.8 Å². The molecule has 1 atom stereocenters. The van der Waals surface area contributed by atoms with Crippen LogP contribution in [0, 0.1) is 0 Å². The molecule has 4 aromatic rings. The van der Waals surface area contributed by atoms with Gasteiger partial charge in [0, 0.05) is 17.3 Å². The SMILES string of the molecule is CCc1ccccc1NC(=O)[C@H](CC)Sc1nc2ccccc2c(=O)n1Cc1ccc(C(=O)NC2CCCC2)cc1. The summed E-state index contributed by atoms with van der Waals surface area (Å²) in [4.78, 5) is 44.6. The van der Waals surface area contributed by atoms with Crippen molar-refractivity contribution in [1.29, 1.82) is 0 Å². The highest BCUT2D eigenvalue weighted by atomic mass is 32.2. The number of nitrogens with one attached hydrogen (secondary N) is 2. The number of para-hydroxylation sites is 2. The number of hydrogen-bond acceptors (Lipinski definition) is 5. The van der Waals surface area contributed by atoms with E-state index in [0.717, 1.165) is 48.9 Å². The molecule has 7 nitrogen and oxygen atoms in total. The van der Waals surface area contributed by atoms with Gasteiger partial charge in [-0.05, 0) is 67.1 Å². The molecule has 1 heterocycles. The zero-order valence-corrected chi connectivity index (χ0v) is 24.4. The van der Waals surface area contributed by atoms with Crippen LogP contribution in [0.2, 0.25) is 0 Å². The fraction of sp³-hybridized carbons (Fsp3) is 0.333. The highest BCUT2D eigenvalue weighted by Gasteiger charge is 2.23. The molecule has 1 aliphatic rings. The Labute approximate surface area is 244 Å². The fourth-order valence-corrected chi connectivity index (χ4v) is 6.29. The Hall–Kier alpha value is -3.91. The van der Waals surface area contributed by atoms with Gasteiger partial charge in [-0.3, -0.25) is 19.0 Å². The molecule has 1 fully saturated rings. The van der Waals surface area contributed by atoms with Gasteiger partial charge in [0.15, 0.2) is 5.16 Å². The van der Waals surface area contributed by atoms with E-state index < -0.39 is 5.25 Å². The van der Waals surface area contributed by atoms with E-state index in [1.54, 1.807) is 22.8 Å². The van der Waals surface area contributed by atoms with E-state index in [1.807, 2.05) is 61.5 Å². The number of rotatable bonds is 10. The highest BCUT2D eigenvalue weighted by Crippen LogP contribution is 2.27. The quantitative estimate of drug-likeness (QED) is 0.176. The van der Waals surface area contributed by atoms with Gasteiger partial charge in [0.1, 0.15) is 0 Å². The third kappa shape index (κ3) is 6.70. The monoisotopic (exact) mass is 568 g/mol. The number of fused-ring (bicyclic) bond motifs is 1. The molecule has 1 aromatic heterocycles. The van der Waals surface area contributed by atoms with Gasteiger partial charge in [-0.1, -0.05) is 80.9 Å². The second kappa shape index (κ2) is 13.2. The first-order chi connectivity index (χ1) is 20.0. The Morgan fingerprint density at radius 3 is 2.41 bits per heavy atom. The predicted octanol–water partition coefficient (Wildman–Crippen LogP) is 6.19. The maximum absolute atomic E-state index is 13.7. The molecule has 1 saturated carbocycles. The Morgan fingerprint density at radius 2 is 1.68 bits per heavy atom. The summed E-state index contributed by atoms with van der Waals surface area (Å²) in [5.41, 5.74) is 3.79. The zero-order chi connectivity index (χ0) is 28.8. The van der Waals surface area contributed by atoms with Crippen molar-refractivity contribution in [2.24, 2.45) is 0 Å². The van der Waals surface area contributed by atoms with E-state index in [2.05, 4.69) is 17.6 Å². The lowest BCUT2D eigenvalue weighted by molar-refractivity contribution is -0.115. The van der Waals surface area contributed by atoms with Crippen molar-refractivity contribution >= 4 is 40.2 Å². The molecule has 0 radical (unpaired) electrons. The Balaban J connectivity index is 1.40. The predicted molar refractivity (Wildman–Crippen MR) is 166 cm³/mol. The molecule has 0 unspecified atom stereocenters. The minimum absolute atomic E-state index is 0.0642. The smallest absolute Gasteiger partial charge is 0.262 e. The van der Waals surface area contributed by atoms with E-state index in [9.17, 15) is 14.4 Å². The molecule has 0 spiro atoms. The Morgan fingerprint density at radius 1 is 0.976 bits per heavy atom. The molecular weight excluding hydrogens is 532 g/mol. The second-order valence-electron chi connectivity index (χ2n) is 10.5. The summed E-state index contributed by atoms with van der Waals surface area (Å²) < 4.78 is 1.64. The largest absolute Gasteiger partial charge is 0.349 e. The molecule has 2 amide bonds. The van der Waals surface area contributed by atoms with E-state index in [4.69, 9.17) is 4.98 Å². The van der Waals surface area contributed by atoms with Gasteiger partial charge in [-0.2, -0.15) is 0 Å². The molecule has 1 aliphatic carbocycles. The van der Waals surface area contributed by atoms with Crippen LogP contribution in [-0.4, -0.2) is 32.7 Å². The summed E-state index contributed by atoms with van der Waals surface area (Å²) in [6.07, 6.45) is 5.76. The number of aryl methyl sites for hydroxylation is 1. The third-order valence-corrected chi connectivity index (χ3v) is 9.00. The summed E-state index contributed by atoms with van der Waals surface area (Å²) in [6, 6.07) is 22.7. The molecule has 212 valence electrons. The fourth-order valence-electron chi connectivity index (χ4n) is 5.27. The van der Waals surface area contributed by atoms with Gasteiger partial charge < -0.3 is 10.6 Å². The Kier molecular flexibility index (Phi) is 9.19.